The number of carbonyl (C=O) groups is 4. The molecule has 0 aliphatic carbocycles. The lowest BCUT2D eigenvalue weighted by atomic mass is 10.0. The van der Waals surface area contributed by atoms with Crippen LogP contribution in [0.5, 0.6) is 0 Å². The van der Waals surface area contributed by atoms with Crippen molar-refractivity contribution in [2.45, 2.75) is 71.4 Å². The number of piperidine rings is 1. The molecule has 2 aliphatic heterocycles. The van der Waals surface area contributed by atoms with Crippen LogP contribution in [0.4, 0.5) is 15.3 Å². The van der Waals surface area contributed by atoms with Crippen molar-refractivity contribution >= 4 is 41.2 Å². The first-order valence-electron chi connectivity index (χ1n) is 15.0. The predicted molar refractivity (Wildman–Crippen MR) is 169 cm³/mol. The van der Waals surface area contributed by atoms with Crippen LogP contribution in [-0.2, 0) is 49.9 Å². The molecule has 5 amide bonds. The van der Waals surface area contributed by atoms with E-state index in [1.165, 1.54) is 4.90 Å². The zero-order chi connectivity index (χ0) is 32.6. The lowest BCUT2D eigenvalue weighted by molar-refractivity contribution is -0.140. The van der Waals surface area contributed by atoms with Gasteiger partial charge in [0.05, 0.1) is 25.9 Å². The highest BCUT2D eigenvalue weighted by molar-refractivity contribution is 6.31. The third-order valence-corrected chi connectivity index (χ3v) is 7.72. The van der Waals surface area contributed by atoms with Crippen LogP contribution in [0.3, 0.4) is 0 Å². The number of ether oxygens (including phenoxy) is 3. The predicted octanol–water partition coefficient (Wildman–Crippen LogP) is 4.18. The summed E-state index contributed by atoms with van der Waals surface area (Å²) in [6.45, 7) is 8.16. The lowest BCUT2D eigenvalue weighted by Gasteiger charge is -2.31. The number of imide groups is 1. The molecule has 1 fully saturated rings. The van der Waals surface area contributed by atoms with Crippen LogP contribution in [0.15, 0.2) is 36.4 Å². The van der Waals surface area contributed by atoms with Crippen molar-refractivity contribution in [3.05, 3.63) is 63.7 Å². The van der Waals surface area contributed by atoms with E-state index in [-0.39, 0.29) is 17.8 Å². The molecule has 1 unspecified atom stereocenters. The number of benzene rings is 2. The third kappa shape index (κ3) is 10.4. The molecule has 0 saturated carbocycles. The molecule has 3 N–H and O–H groups in total. The number of amides is 5. The van der Waals surface area contributed by atoms with E-state index in [0.29, 0.717) is 76.2 Å². The first-order chi connectivity index (χ1) is 21.4. The Morgan fingerprint density at radius 1 is 1.13 bits per heavy atom. The smallest absolute Gasteiger partial charge is 0.410 e. The van der Waals surface area contributed by atoms with Gasteiger partial charge < -0.3 is 29.7 Å². The molecule has 244 valence electrons. The second kappa shape index (κ2) is 15.5. The van der Waals surface area contributed by atoms with Crippen molar-refractivity contribution in [1.82, 2.24) is 20.4 Å². The van der Waals surface area contributed by atoms with E-state index < -0.39 is 17.7 Å². The number of likely N-dealkylation sites (N-methyl/N-ethyl adjacent to an activating group) is 1. The summed E-state index contributed by atoms with van der Waals surface area (Å²) in [7, 11) is 1.67. The number of carbonyl (C=O) groups excluding carboxylic acids is 4. The molecule has 2 aliphatic rings. The number of hydrogen-bond acceptors (Lipinski definition) is 8. The average Bonchev–Trinajstić information content (AvgIpc) is 3.18. The summed E-state index contributed by atoms with van der Waals surface area (Å²) in [6, 6.07) is 10.4. The Kier molecular flexibility index (Phi) is 11.8. The maximum absolute atomic E-state index is 12.6. The first kappa shape index (κ1) is 34.2. The van der Waals surface area contributed by atoms with Crippen molar-refractivity contribution < 1.29 is 33.4 Å². The summed E-state index contributed by atoms with van der Waals surface area (Å²) in [6.07, 6.45) is 0.940. The van der Waals surface area contributed by atoms with Gasteiger partial charge >= 0.3 is 12.1 Å². The zero-order valence-electron chi connectivity index (χ0n) is 26.2. The van der Waals surface area contributed by atoms with Crippen LogP contribution < -0.4 is 16.0 Å². The fraction of sp³-hybridized carbons (Fsp3) is 0.500. The Hall–Kier alpha value is -3.71. The Morgan fingerprint density at radius 2 is 1.93 bits per heavy atom. The van der Waals surface area contributed by atoms with E-state index in [2.05, 4.69) is 16.0 Å². The largest absolute Gasteiger partial charge is 0.444 e. The van der Waals surface area contributed by atoms with Gasteiger partial charge in [-0.2, -0.15) is 0 Å². The summed E-state index contributed by atoms with van der Waals surface area (Å²) in [4.78, 5) is 52.0. The zero-order valence-corrected chi connectivity index (χ0v) is 27.0. The number of anilines is 1. The molecule has 1 atom stereocenters. The molecule has 2 aromatic carbocycles. The topological polar surface area (TPSA) is 139 Å². The molecular formula is C32H42ClN5O7. The van der Waals surface area contributed by atoms with Crippen molar-refractivity contribution in [2.24, 2.45) is 0 Å². The summed E-state index contributed by atoms with van der Waals surface area (Å²) in [5.74, 6) is -0.546. The van der Waals surface area contributed by atoms with Gasteiger partial charge in [0.25, 0.3) is 0 Å². The van der Waals surface area contributed by atoms with E-state index in [4.69, 9.17) is 25.8 Å². The number of urea groups is 1. The van der Waals surface area contributed by atoms with Gasteiger partial charge in [-0.1, -0.05) is 35.9 Å². The molecule has 13 heteroatoms. The second-order valence-electron chi connectivity index (χ2n) is 12.2. The average molecular weight is 644 g/mol. The fourth-order valence-electron chi connectivity index (χ4n) is 4.95. The van der Waals surface area contributed by atoms with Crippen LogP contribution in [0.1, 0.15) is 55.9 Å². The monoisotopic (exact) mass is 643 g/mol. The Morgan fingerprint density at radius 3 is 2.67 bits per heavy atom. The van der Waals surface area contributed by atoms with Gasteiger partial charge in [-0.15, -0.1) is 0 Å². The molecule has 0 bridgehead atoms. The fourth-order valence-corrected chi connectivity index (χ4v) is 5.22. The van der Waals surface area contributed by atoms with Crippen molar-refractivity contribution in [1.29, 1.82) is 0 Å². The highest BCUT2D eigenvalue weighted by Crippen LogP contribution is 2.24. The SMILES string of the molecule is CN(CCOCCc1ccc(NC(=O)NCc2ccc3c(c2)CN(C2CCC(=O)NC2=O)COC3)cc1Cl)C(=O)OC(C)(C)C. The molecule has 2 aromatic rings. The summed E-state index contributed by atoms with van der Waals surface area (Å²) >= 11 is 6.46. The van der Waals surface area contributed by atoms with E-state index in [1.54, 1.807) is 19.2 Å². The summed E-state index contributed by atoms with van der Waals surface area (Å²) in [5, 5.41) is 8.60. The molecule has 0 spiro atoms. The lowest BCUT2D eigenvalue weighted by Crippen LogP contribution is -2.52. The normalized spacial score (nSPS) is 17.1. The number of nitrogens with one attached hydrogen (secondary N) is 3. The van der Waals surface area contributed by atoms with Gasteiger partial charge in [0, 0.05) is 43.8 Å². The quantitative estimate of drug-likeness (QED) is 0.259. The van der Waals surface area contributed by atoms with Gasteiger partial charge in [-0.25, -0.2) is 9.59 Å². The second-order valence-corrected chi connectivity index (χ2v) is 12.6. The highest BCUT2D eigenvalue weighted by atomic mass is 35.5. The number of nitrogens with zero attached hydrogens (tertiary/aromatic N) is 2. The van der Waals surface area contributed by atoms with Gasteiger partial charge in [-0.05, 0) is 68.0 Å². The molecule has 0 aromatic heterocycles. The minimum absolute atomic E-state index is 0.250. The molecule has 45 heavy (non-hydrogen) atoms. The van der Waals surface area contributed by atoms with Gasteiger partial charge in [0.2, 0.25) is 11.8 Å². The maximum atomic E-state index is 12.6. The van der Waals surface area contributed by atoms with Crippen LogP contribution in [-0.4, -0.2) is 78.9 Å². The van der Waals surface area contributed by atoms with E-state index in [0.717, 1.165) is 22.3 Å². The summed E-state index contributed by atoms with van der Waals surface area (Å²) < 4.78 is 16.8. The van der Waals surface area contributed by atoms with E-state index in [9.17, 15) is 19.2 Å². The Bertz CT molecular complexity index is 1400. The van der Waals surface area contributed by atoms with E-state index in [1.807, 2.05) is 49.9 Å². The van der Waals surface area contributed by atoms with Crippen LogP contribution in [0.2, 0.25) is 5.02 Å². The van der Waals surface area contributed by atoms with Gasteiger partial charge in [0.1, 0.15) is 12.3 Å². The molecular weight excluding hydrogens is 602 g/mol. The Balaban J connectivity index is 1.21. The third-order valence-electron chi connectivity index (χ3n) is 7.37. The van der Waals surface area contributed by atoms with Crippen molar-refractivity contribution in [3.8, 4) is 0 Å². The Labute approximate surface area is 268 Å². The van der Waals surface area contributed by atoms with Gasteiger partial charge in [0.15, 0.2) is 0 Å². The number of halogens is 1. The highest BCUT2D eigenvalue weighted by Gasteiger charge is 2.33. The van der Waals surface area contributed by atoms with Gasteiger partial charge in [-0.3, -0.25) is 19.8 Å². The van der Waals surface area contributed by atoms with Crippen LogP contribution in [0, 0.1) is 0 Å². The van der Waals surface area contributed by atoms with Crippen LogP contribution >= 0.6 is 11.6 Å². The molecule has 4 rings (SSSR count). The van der Waals surface area contributed by atoms with Crippen molar-refractivity contribution in [2.75, 3.05) is 38.9 Å². The minimum Gasteiger partial charge on any atom is -0.444 e. The van der Waals surface area contributed by atoms with Crippen LogP contribution in [0.25, 0.3) is 0 Å². The summed E-state index contributed by atoms with van der Waals surface area (Å²) in [5.41, 5.74) is 3.82. The standard InChI is InChI=1S/C32H42ClN5O7/c1-32(2,3)45-31(42)37(4)12-14-43-13-11-22-7-8-25(16-26(22)33)35-30(41)34-17-21-5-6-23-19-44-20-38(18-24(23)15-21)27-9-10-28(39)36-29(27)40/h5-8,15-16,27H,9-14,17-20H2,1-4H3,(H2,34,35,41)(H,36,39,40). The van der Waals surface area contributed by atoms with E-state index >= 15 is 0 Å². The molecule has 0 radical (unpaired) electrons. The number of fused-ring (bicyclic) bond motifs is 1. The van der Waals surface area contributed by atoms with Crippen molar-refractivity contribution in [3.63, 3.8) is 0 Å². The minimum atomic E-state index is -0.548. The first-order valence-corrected chi connectivity index (χ1v) is 15.4. The maximum Gasteiger partial charge on any atom is 0.410 e. The number of hydrogen-bond donors (Lipinski definition) is 3. The molecule has 1 saturated heterocycles. The molecule has 2 heterocycles. The number of rotatable bonds is 10. The molecule has 12 nitrogen and oxygen atoms in total.